The first-order chi connectivity index (χ1) is 5.41. The molecule has 11 heavy (non-hydrogen) atoms. The normalized spacial score (nSPS) is 11.1. The predicted molar refractivity (Wildman–Crippen MR) is 60.4 cm³/mol. The third kappa shape index (κ3) is 10.7. The second-order valence-corrected chi connectivity index (χ2v) is 4.36. The van der Waals surface area contributed by atoms with E-state index in [9.17, 15) is 0 Å². The Kier molecular flexibility index (Phi) is 11.5. The molecule has 4 heteroatoms. The number of rotatable bonds is 7. The fourth-order valence-electron chi connectivity index (χ4n) is 0.547. The van der Waals surface area contributed by atoms with Crippen LogP contribution in [0.25, 0.3) is 0 Å². The highest BCUT2D eigenvalue weighted by Gasteiger charge is 1.80. The van der Waals surface area contributed by atoms with Gasteiger partial charge in [-0.3, -0.25) is 0 Å². The van der Waals surface area contributed by atoms with Crippen LogP contribution in [0.4, 0.5) is 0 Å². The third-order valence-electron chi connectivity index (χ3n) is 1.07. The van der Waals surface area contributed by atoms with Gasteiger partial charge in [-0.15, -0.1) is 0 Å². The largest absolute Gasteiger partial charge is 0.383 e. The summed E-state index contributed by atoms with van der Waals surface area (Å²) in [5, 5.41) is 3.22. The minimum atomic E-state index is 0.787. The Labute approximate surface area is 84.7 Å². The monoisotopic (exact) mass is 287 g/mol. The first kappa shape index (κ1) is 11.7. The van der Waals surface area contributed by atoms with Crippen molar-refractivity contribution < 1.29 is 4.74 Å². The first-order valence-electron chi connectivity index (χ1n) is 3.50. The second kappa shape index (κ2) is 10.7. The Balaban J connectivity index is 2.89. The number of halogens is 1. The van der Waals surface area contributed by atoms with Gasteiger partial charge in [0.05, 0.1) is 6.61 Å². The Morgan fingerprint density at radius 1 is 1.55 bits per heavy atom. The molecule has 0 aromatic carbocycles. The lowest BCUT2D eigenvalue weighted by Gasteiger charge is -1.98. The van der Waals surface area contributed by atoms with E-state index in [0.29, 0.717) is 0 Å². The van der Waals surface area contributed by atoms with Crippen LogP contribution in [-0.4, -0.2) is 32.6 Å². The summed E-state index contributed by atoms with van der Waals surface area (Å²) in [6, 6.07) is 0. The standard InChI is InChI=1S/C7H14INOS/c1-10-6-5-9-4-2-3-7-11-8/h2-3,9H,4-7H2,1H3/b3-2+. The van der Waals surface area contributed by atoms with Crippen molar-refractivity contribution in [2.45, 2.75) is 0 Å². The number of ether oxygens (including phenoxy) is 1. The van der Waals surface area contributed by atoms with Crippen molar-refractivity contribution in [2.75, 3.05) is 32.6 Å². The smallest absolute Gasteiger partial charge is 0.0587 e. The van der Waals surface area contributed by atoms with Crippen LogP contribution in [0.15, 0.2) is 12.2 Å². The van der Waals surface area contributed by atoms with Gasteiger partial charge in [-0.05, 0) is 21.2 Å². The van der Waals surface area contributed by atoms with Gasteiger partial charge in [-0.25, -0.2) is 0 Å². The molecule has 0 heterocycles. The summed E-state index contributed by atoms with van der Waals surface area (Å²) in [6.45, 7) is 2.66. The summed E-state index contributed by atoms with van der Waals surface area (Å²) < 4.78 is 4.88. The summed E-state index contributed by atoms with van der Waals surface area (Å²) in [6.07, 6.45) is 4.30. The molecule has 2 nitrogen and oxygen atoms in total. The van der Waals surface area contributed by atoms with Crippen molar-refractivity contribution in [3.63, 3.8) is 0 Å². The molecule has 0 aliphatic carbocycles. The van der Waals surface area contributed by atoms with E-state index in [4.69, 9.17) is 4.74 Å². The average molecular weight is 287 g/mol. The van der Waals surface area contributed by atoms with E-state index in [2.05, 4.69) is 38.7 Å². The number of nitrogens with one attached hydrogen (secondary N) is 1. The molecule has 0 rings (SSSR count). The van der Waals surface area contributed by atoms with E-state index in [-0.39, 0.29) is 0 Å². The molecule has 0 aliphatic heterocycles. The minimum absolute atomic E-state index is 0.787. The lowest BCUT2D eigenvalue weighted by atomic mass is 10.5. The zero-order valence-electron chi connectivity index (χ0n) is 6.68. The molecule has 0 unspecified atom stereocenters. The topological polar surface area (TPSA) is 21.3 Å². The third-order valence-corrected chi connectivity index (χ3v) is 2.47. The maximum atomic E-state index is 4.88. The summed E-state index contributed by atoms with van der Waals surface area (Å²) in [4.78, 5) is 0. The van der Waals surface area contributed by atoms with Gasteiger partial charge in [0.15, 0.2) is 0 Å². The van der Waals surface area contributed by atoms with Crippen LogP contribution in [0.1, 0.15) is 0 Å². The van der Waals surface area contributed by atoms with Crippen LogP contribution < -0.4 is 5.32 Å². The summed E-state index contributed by atoms with van der Waals surface area (Å²) in [7, 11) is 3.51. The molecule has 0 fully saturated rings. The zero-order chi connectivity index (χ0) is 8.36. The van der Waals surface area contributed by atoms with E-state index >= 15 is 0 Å². The number of hydrogen-bond donors (Lipinski definition) is 1. The maximum Gasteiger partial charge on any atom is 0.0587 e. The van der Waals surface area contributed by atoms with Crippen molar-refractivity contribution in [1.82, 2.24) is 5.32 Å². The van der Waals surface area contributed by atoms with Crippen molar-refractivity contribution in [3.05, 3.63) is 12.2 Å². The van der Waals surface area contributed by atoms with Crippen LogP contribution in [-0.2, 0) is 4.74 Å². The van der Waals surface area contributed by atoms with Crippen LogP contribution >= 0.6 is 30.1 Å². The highest BCUT2D eigenvalue weighted by Crippen LogP contribution is 2.09. The van der Waals surface area contributed by atoms with Crippen LogP contribution in [0.3, 0.4) is 0 Å². The fraction of sp³-hybridized carbons (Fsp3) is 0.714. The van der Waals surface area contributed by atoms with Gasteiger partial charge >= 0.3 is 0 Å². The molecule has 0 atom stereocenters. The number of methoxy groups -OCH3 is 1. The first-order valence-corrected chi connectivity index (χ1v) is 7.03. The highest BCUT2D eigenvalue weighted by atomic mass is 127. The van der Waals surface area contributed by atoms with E-state index in [0.717, 1.165) is 25.4 Å². The Hall–Kier alpha value is 0.740. The van der Waals surface area contributed by atoms with Gasteiger partial charge < -0.3 is 10.1 Å². The molecule has 0 spiro atoms. The lowest BCUT2D eigenvalue weighted by molar-refractivity contribution is 0.200. The fourth-order valence-corrected chi connectivity index (χ4v) is 1.38. The van der Waals surface area contributed by atoms with Crippen molar-refractivity contribution in [2.24, 2.45) is 0 Å². The number of hydrogen-bond acceptors (Lipinski definition) is 3. The SMILES string of the molecule is COCCNC/C=C/CSI. The zero-order valence-corrected chi connectivity index (χ0v) is 9.65. The second-order valence-electron chi connectivity index (χ2n) is 1.94. The van der Waals surface area contributed by atoms with E-state index in [1.807, 2.05) is 0 Å². The van der Waals surface area contributed by atoms with Crippen molar-refractivity contribution >= 4 is 30.1 Å². The van der Waals surface area contributed by atoms with E-state index in [1.54, 1.807) is 16.0 Å². The molecule has 0 amide bonds. The Morgan fingerprint density at radius 3 is 3.00 bits per heavy atom. The van der Waals surface area contributed by atoms with Gasteiger partial charge in [-0.1, -0.05) is 21.1 Å². The van der Waals surface area contributed by atoms with Crippen molar-refractivity contribution in [3.8, 4) is 0 Å². The molecule has 0 saturated carbocycles. The molecular formula is C7H14INOS. The molecule has 66 valence electrons. The molecule has 0 aromatic rings. The van der Waals surface area contributed by atoms with Gasteiger partial charge in [-0.2, -0.15) is 0 Å². The molecule has 1 N–H and O–H groups in total. The van der Waals surface area contributed by atoms with Gasteiger partial charge in [0.25, 0.3) is 0 Å². The lowest BCUT2D eigenvalue weighted by Crippen LogP contribution is -2.18. The molecule has 0 aromatic heterocycles. The molecule has 0 aliphatic rings. The maximum absolute atomic E-state index is 4.88. The quantitative estimate of drug-likeness (QED) is 0.439. The van der Waals surface area contributed by atoms with Crippen molar-refractivity contribution in [1.29, 1.82) is 0 Å². The summed E-state index contributed by atoms with van der Waals surface area (Å²) >= 11 is 2.29. The Bertz CT molecular complexity index is 100. The summed E-state index contributed by atoms with van der Waals surface area (Å²) in [5.74, 6) is 1.09. The van der Waals surface area contributed by atoms with Crippen LogP contribution in [0, 0.1) is 0 Å². The molecule has 0 radical (unpaired) electrons. The van der Waals surface area contributed by atoms with E-state index in [1.165, 1.54) is 0 Å². The van der Waals surface area contributed by atoms with Crippen LogP contribution in [0.2, 0.25) is 0 Å². The van der Waals surface area contributed by atoms with Crippen LogP contribution in [0.5, 0.6) is 0 Å². The van der Waals surface area contributed by atoms with Gasteiger partial charge in [0.2, 0.25) is 0 Å². The van der Waals surface area contributed by atoms with E-state index < -0.39 is 0 Å². The Morgan fingerprint density at radius 2 is 2.36 bits per heavy atom. The average Bonchev–Trinajstić information content (AvgIpc) is 2.03. The highest BCUT2D eigenvalue weighted by molar-refractivity contribution is 14.2. The molecule has 0 bridgehead atoms. The molecular weight excluding hydrogens is 273 g/mol. The summed E-state index contributed by atoms with van der Waals surface area (Å²) in [5.41, 5.74) is 0. The molecule has 0 saturated heterocycles. The van der Waals surface area contributed by atoms with Gasteiger partial charge in [0, 0.05) is 26.0 Å². The van der Waals surface area contributed by atoms with Gasteiger partial charge in [0.1, 0.15) is 0 Å². The minimum Gasteiger partial charge on any atom is -0.383 e. The predicted octanol–water partition coefficient (Wildman–Crippen LogP) is 1.86.